The second-order valence-electron chi connectivity index (χ2n) is 5.04. The highest BCUT2D eigenvalue weighted by molar-refractivity contribution is 5.13. The summed E-state index contributed by atoms with van der Waals surface area (Å²) in [5, 5.41) is 9.59. The number of alkyl halides is 1. The highest BCUT2D eigenvalue weighted by Crippen LogP contribution is 2.31. The van der Waals surface area contributed by atoms with Crippen LogP contribution in [0.15, 0.2) is 30.3 Å². The molecule has 1 heterocycles. The summed E-state index contributed by atoms with van der Waals surface area (Å²) in [7, 11) is 0. The zero-order chi connectivity index (χ0) is 13.8. The zero-order valence-corrected chi connectivity index (χ0v) is 11.3. The van der Waals surface area contributed by atoms with Gasteiger partial charge in [0.1, 0.15) is 0 Å². The lowest BCUT2D eigenvalue weighted by atomic mass is 9.90. The molecule has 1 N–H and O–H groups in total. The molecule has 0 aromatic heterocycles. The number of benzene rings is 1. The number of hydrogen-bond donors (Lipinski definition) is 1. The molecule has 0 bridgehead atoms. The molecule has 1 saturated heterocycles. The first-order valence-electron chi connectivity index (χ1n) is 6.76. The number of rotatable bonds is 4. The van der Waals surface area contributed by atoms with Crippen molar-refractivity contribution in [2.75, 3.05) is 0 Å². The van der Waals surface area contributed by atoms with Gasteiger partial charge in [-0.3, -0.25) is 0 Å². The standard InChI is InChI=1S/C15H21FO3/c1-3-12-10(2)14(13(16)15(17)19-12)18-9-11-7-5-4-6-8-11/h4-8,10,12-15,17H,3,9H2,1-2H3/t10-,12-,13?,14+,15?/m1/s1. The van der Waals surface area contributed by atoms with E-state index in [-0.39, 0.29) is 12.0 Å². The van der Waals surface area contributed by atoms with Gasteiger partial charge in [-0.15, -0.1) is 0 Å². The lowest BCUT2D eigenvalue weighted by Gasteiger charge is -2.40. The molecule has 106 valence electrons. The van der Waals surface area contributed by atoms with Gasteiger partial charge in [0.2, 0.25) is 0 Å². The van der Waals surface area contributed by atoms with Gasteiger partial charge in [-0.05, 0) is 12.0 Å². The molecular formula is C15H21FO3. The van der Waals surface area contributed by atoms with Crippen LogP contribution in [0.4, 0.5) is 4.39 Å². The Morgan fingerprint density at radius 3 is 2.63 bits per heavy atom. The Morgan fingerprint density at radius 1 is 1.32 bits per heavy atom. The molecule has 1 fully saturated rings. The normalized spacial score (nSPS) is 35.3. The maximum atomic E-state index is 14.0. The van der Waals surface area contributed by atoms with Crippen LogP contribution in [0.5, 0.6) is 0 Å². The van der Waals surface area contributed by atoms with Crippen molar-refractivity contribution in [1.82, 2.24) is 0 Å². The minimum Gasteiger partial charge on any atom is -0.370 e. The van der Waals surface area contributed by atoms with Crippen LogP contribution in [0.1, 0.15) is 25.8 Å². The average Bonchev–Trinajstić information content (AvgIpc) is 2.44. The van der Waals surface area contributed by atoms with Gasteiger partial charge in [0.15, 0.2) is 12.5 Å². The van der Waals surface area contributed by atoms with Gasteiger partial charge in [0.05, 0.1) is 18.8 Å². The van der Waals surface area contributed by atoms with Gasteiger partial charge < -0.3 is 14.6 Å². The van der Waals surface area contributed by atoms with Crippen molar-refractivity contribution in [2.45, 2.75) is 51.5 Å². The summed E-state index contributed by atoms with van der Waals surface area (Å²) in [5.74, 6) is -0.0767. The summed E-state index contributed by atoms with van der Waals surface area (Å²) in [6.45, 7) is 4.21. The molecule has 3 nitrogen and oxygen atoms in total. The van der Waals surface area contributed by atoms with Gasteiger partial charge in [-0.1, -0.05) is 44.2 Å². The number of hydrogen-bond acceptors (Lipinski definition) is 3. The number of halogens is 1. The molecule has 2 rings (SSSR count). The Morgan fingerprint density at radius 2 is 2.00 bits per heavy atom. The molecule has 0 amide bonds. The topological polar surface area (TPSA) is 38.7 Å². The largest absolute Gasteiger partial charge is 0.370 e. The van der Waals surface area contributed by atoms with Crippen LogP contribution in [-0.4, -0.2) is 29.8 Å². The number of ether oxygens (including phenoxy) is 2. The van der Waals surface area contributed by atoms with Crippen molar-refractivity contribution < 1.29 is 19.0 Å². The molecular weight excluding hydrogens is 247 g/mol. The van der Waals surface area contributed by atoms with E-state index in [9.17, 15) is 9.50 Å². The van der Waals surface area contributed by atoms with Crippen molar-refractivity contribution >= 4 is 0 Å². The van der Waals surface area contributed by atoms with Crippen LogP contribution in [-0.2, 0) is 16.1 Å². The van der Waals surface area contributed by atoms with Crippen LogP contribution >= 0.6 is 0 Å². The first-order chi connectivity index (χ1) is 9.13. The Bertz CT molecular complexity index is 384. The summed E-state index contributed by atoms with van der Waals surface area (Å²) in [6, 6.07) is 9.64. The van der Waals surface area contributed by atoms with Crippen molar-refractivity contribution in [1.29, 1.82) is 0 Å². The third-order valence-electron chi connectivity index (χ3n) is 3.69. The lowest BCUT2D eigenvalue weighted by molar-refractivity contribution is -0.259. The minimum absolute atomic E-state index is 0.0767. The molecule has 1 aromatic carbocycles. The van der Waals surface area contributed by atoms with E-state index in [1.54, 1.807) is 0 Å². The van der Waals surface area contributed by atoms with E-state index in [4.69, 9.17) is 9.47 Å². The van der Waals surface area contributed by atoms with Crippen LogP contribution in [0.2, 0.25) is 0 Å². The van der Waals surface area contributed by atoms with Crippen molar-refractivity contribution in [3.05, 3.63) is 35.9 Å². The van der Waals surface area contributed by atoms with E-state index in [2.05, 4.69) is 0 Å². The van der Waals surface area contributed by atoms with E-state index in [0.717, 1.165) is 12.0 Å². The van der Waals surface area contributed by atoms with Crippen molar-refractivity contribution in [3.8, 4) is 0 Å². The van der Waals surface area contributed by atoms with Crippen LogP contribution in [0, 0.1) is 5.92 Å². The fourth-order valence-corrected chi connectivity index (χ4v) is 2.52. The molecule has 4 heteroatoms. The maximum Gasteiger partial charge on any atom is 0.189 e. The van der Waals surface area contributed by atoms with Crippen LogP contribution < -0.4 is 0 Å². The molecule has 2 unspecified atom stereocenters. The Kier molecular flexibility index (Phi) is 4.91. The molecule has 19 heavy (non-hydrogen) atoms. The van der Waals surface area contributed by atoms with Crippen molar-refractivity contribution in [3.63, 3.8) is 0 Å². The summed E-state index contributed by atoms with van der Waals surface area (Å²) in [5.41, 5.74) is 0.996. The molecule has 0 radical (unpaired) electrons. The number of aliphatic hydroxyl groups excluding tert-OH is 1. The quantitative estimate of drug-likeness (QED) is 0.912. The van der Waals surface area contributed by atoms with Crippen LogP contribution in [0.25, 0.3) is 0 Å². The SMILES string of the molecule is CC[C@H]1OC(O)C(F)[C@@H](OCc2ccccc2)[C@@H]1C. The van der Waals surface area contributed by atoms with Gasteiger partial charge in [0, 0.05) is 5.92 Å². The van der Waals surface area contributed by atoms with E-state index >= 15 is 0 Å². The van der Waals surface area contributed by atoms with E-state index in [0.29, 0.717) is 6.61 Å². The lowest BCUT2D eigenvalue weighted by Crippen LogP contribution is -2.52. The Balaban J connectivity index is 2.00. The third kappa shape index (κ3) is 3.32. The molecule has 0 saturated carbocycles. The average molecular weight is 268 g/mol. The summed E-state index contributed by atoms with van der Waals surface area (Å²) < 4.78 is 24.9. The third-order valence-corrected chi connectivity index (χ3v) is 3.69. The predicted molar refractivity (Wildman–Crippen MR) is 70.2 cm³/mol. The Hall–Kier alpha value is -0.970. The van der Waals surface area contributed by atoms with Gasteiger partial charge in [0.25, 0.3) is 0 Å². The Labute approximate surface area is 113 Å². The predicted octanol–water partition coefficient (Wildman–Crippen LogP) is 2.67. The summed E-state index contributed by atoms with van der Waals surface area (Å²) in [6.07, 6.45) is -2.95. The molecule has 1 aliphatic rings. The fraction of sp³-hybridized carbons (Fsp3) is 0.600. The molecule has 5 atom stereocenters. The van der Waals surface area contributed by atoms with Gasteiger partial charge >= 0.3 is 0 Å². The van der Waals surface area contributed by atoms with E-state index in [1.165, 1.54) is 0 Å². The first kappa shape index (κ1) is 14.4. The second kappa shape index (κ2) is 6.46. The number of aliphatic hydroxyl groups is 1. The molecule has 1 aliphatic heterocycles. The van der Waals surface area contributed by atoms with Crippen molar-refractivity contribution in [2.24, 2.45) is 5.92 Å². The molecule has 0 spiro atoms. The fourth-order valence-electron chi connectivity index (χ4n) is 2.52. The smallest absolute Gasteiger partial charge is 0.189 e. The van der Waals surface area contributed by atoms with Crippen LogP contribution in [0.3, 0.4) is 0 Å². The highest BCUT2D eigenvalue weighted by atomic mass is 19.1. The summed E-state index contributed by atoms with van der Waals surface area (Å²) >= 11 is 0. The monoisotopic (exact) mass is 268 g/mol. The van der Waals surface area contributed by atoms with E-state index < -0.39 is 18.6 Å². The highest BCUT2D eigenvalue weighted by Gasteiger charge is 2.43. The maximum absolute atomic E-state index is 14.0. The second-order valence-corrected chi connectivity index (χ2v) is 5.04. The summed E-state index contributed by atoms with van der Waals surface area (Å²) in [4.78, 5) is 0. The molecule has 1 aromatic rings. The van der Waals surface area contributed by atoms with E-state index in [1.807, 2.05) is 44.2 Å². The first-order valence-corrected chi connectivity index (χ1v) is 6.76. The minimum atomic E-state index is -1.50. The molecule has 0 aliphatic carbocycles. The van der Waals surface area contributed by atoms with Gasteiger partial charge in [-0.2, -0.15) is 0 Å². The zero-order valence-electron chi connectivity index (χ0n) is 11.3. The van der Waals surface area contributed by atoms with Gasteiger partial charge in [-0.25, -0.2) is 4.39 Å².